The number of imidazole rings is 1. The molecule has 224 valence electrons. The van der Waals surface area contributed by atoms with Gasteiger partial charge in [0.15, 0.2) is 6.10 Å². The Labute approximate surface area is 239 Å². The molecular formula is C28H30F3N5O6. The number of carboxylic acids is 1. The van der Waals surface area contributed by atoms with Gasteiger partial charge in [0, 0.05) is 50.6 Å². The molecular weight excluding hydrogens is 559 g/mol. The lowest BCUT2D eigenvalue weighted by Gasteiger charge is -2.45. The number of nitrogens with one attached hydrogen (secondary N) is 1. The number of rotatable bonds is 5. The topological polar surface area (TPSA) is 136 Å². The summed E-state index contributed by atoms with van der Waals surface area (Å²) in [5.41, 5.74) is 1.53. The van der Waals surface area contributed by atoms with E-state index in [9.17, 15) is 22.8 Å². The smallest absolute Gasteiger partial charge is 0.490 e. The largest absolute Gasteiger partial charge is 0.497 e. The number of fused-ring (bicyclic) bond motifs is 2. The number of methoxy groups -OCH3 is 1. The van der Waals surface area contributed by atoms with E-state index in [4.69, 9.17) is 19.4 Å². The molecule has 2 aromatic heterocycles. The maximum Gasteiger partial charge on any atom is 0.490 e. The number of aryl methyl sites for hydroxylation is 1. The van der Waals surface area contributed by atoms with Crippen LogP contribution in [0.1, 0.15) is 40.4 Å². The number of aromatic nitrogens is 3. The lowest BCUT2D eigenvalue weighted by atomic mass is 9.88. The Morgan fingerprint density at radius 2 is 1.81 bits per heavy atom. The molecule has 1 fully saturated rings. The highest BCUT2D eigenvalue weighted by atomic mass is 19.4. The van der Waals surface area contributed by atoms with Crippen molar-refractivity contribution in [2.24, 2.45) is 0 Å². The second-order valence-corrected chi connectivity index (χ2v) is 9.83. The van der Waals surface area contributed by atoms with E-state index in [0.717, 1.165) is 22.8 Å². The Morgan fingerprint density at radius 3 is 2.40 bits per heavy atom. The molecule has 1 aromatic carbocycles. The molecule has 42 heavy (non-hydrogen) atoms. The van der Waals surface area contributed by atoms with Gasteiger partial charge in [-0.3, -0.25) is 9.59 Å². The molecule has 5 rings (SSSR count). The molecule has 2 N–H and O–H groups in total. The number of hydrogen-bond donors (Lipinski definition) is 2. The third kappa shape index (κ3) is 7.05. The van der Waals surface area contributed by atoms with Crippen LogP contribution in [0.4, 0.5) is 13.2 Å². The standard InChI is InChI=1S/C26H29N5O4.C2HF3O2/c1-18-4-3-5-21(29-18)24(33)30-13-10-26(11-14-30)25-27-12-15-31(25)17-22(35-26)23(32)28-16-19-6-8-20(34-2)9-7-19;3-2(4,5)1(6)7/h3-9,12,15,22H,10-11,13-14,16-17H2,1-2H3,(H,28,32);(H,6,7). The summed E-state index contributed by atoms with van der Waals surface area (Å²) in [6, 6.07) is 13.0. The summed E-state index contributed by atoms with van der Waals surface area (Å²) in [5, 5.41) is 10.1. The fourth-order valence-electron chi connectivity index (χ4n) is 4.82. The average Bonchev–Trinajstić information content (AvgIpc) is 3.46. The minimum absolute atomic E-state index is 0.0866. The van der Waals surface area contributed by atoms with Crippen molar-refractivity contribution in [3.8, 4) is 5.75 Å². The number of halogens is 3. The molecule has 0 aliphatic carbocycles. The van der Waals surface area contributed by atoms with E-state index >= 15 is 0 Å². The van der Waals surface area contributed by atoms with Gasteiger partial charge in [-0.05, 0) is 36.8 Å². The van der Waals surface area contributed by atoms with E-state index < -0.39 is 23.9 Å². The van der Waals surface area contributed by atoms with Crippen LogP contribution in [0.5, 0.6) is 5.75 Å². The first kappa shape index (κ1) is 30.5. The number of likely N-dealkylation sites (tertiary alicyclic amines) is 1. The SMILES string of the molecule is COc1ccc(CNC(=O)C2Cn3ccnc3C3(CCN(C(=O)c4cccc(C)n4)CC3)O2)cc1.O=C(O)C(F)(F)F. The van der Waals surface area contributed by atoms with Gasteiger partial charge in [0.05, 0.1) is 13.7 Å². The zero-order chi connectivity index (χ0) is 30.5. The number of nitrogens with zero attached hydrogens (tertiary/aromatic N) is 4. The first-order chi connectivity index (χ1) is 19.9. The second kappa shape index (κ2) is 12.6. The van der Waals surface area contributed by atoms with Crippen LogP contribution < -0.4 is 10.1 Å². The van der Waals surface area contributed by atoms with Crippen molar-refractivity contribution < 1.29 is 42.1 Å². The maximum atomic E-state index is 13.1. The van der Waals surface area contributed by atoms with Crippen LogP contribution in [0.3, 0.4) is 0 Å². The predicted octanol–water partition coefficient (Wildman–Crippen LogP) is 3.08. The zero-order valence-electron chi connectivity index (χ0n) is 22.9. The number of alkyl halides is 3. The summed E-state index contributed by atoms with van der Waals surface area (Å²) in [6.45, 7) is 3.68. The molecule has 2 aliphatic rings. The molecule has 0 saturated carbocycles. The number of carbonyl (C=O) groups excluding carboxylic acids is 2. The summed E-state index contributed by atoms with van der Waals surface area (Å²) in [6.07, 6.45) is -0.979. The van der Waals surface area contributed by atoms with Crippen LogP contribution >= 0.6 is 0 Å². The third-order valence-electron chi connectivity index (χ3n) is 6.98. The quantitative estimate of drug-likeness (QED) is 0.464. The molecule has 1 saturated heterocycles. The fourth-order valence-corrected chi connectivity index (χ4v) is 4.82. The molecule has 1 spiro atoms. The molecule has 1 atom stereocenters. The number of carboxylic acid groups (broad SMARTS) is 1. The zero-order valence-corrected chi connectivity index (χ0v) is 22.9. The van der Waals surface area contributed by atoms with Crippen molar-refractivity contribution in [2.45, 2.75) is 50.7 Å². The molecule has 2 amide bonds. The van der Waals surface area contributed by atoms with Crippen molar-refractivity contribution in [1.82, 2.24) is 24.8 Å². The molecule has 1 unspecified atom stereocenters. The Kier molecular flexibility index (Phi) is 9.14. The lowest BCUT2D eigenvalue weighted by Crippen LogP contribution is -2.54. The van der Waals surface area contributed by atoms with E-state index in [1.54, 1.807) is 24.3 Å². The van der Waals surface area contributed by atoms with Gasteiger partial charge in [0.1, 0.15) is 22.9 Å². The normalized spacial score (nSPS) is 17.5. The van der Waals surface area contributed by atoms with Gasteiger partial charge >= 0.3 is 12.1 Å². The van der Waals surface area contributed by atoms with Crippen LogP contribution in [-0.4, -0.2) is 74.8 Å². The van der Waals surface area contributed by atoms with Gasteiger partial charge in [-0.15, -0.1) is 0 Å². The molecule has 4 heterocycles. The van der Waals surface area contributed by atoms with Gasteiger partial charge in [-0.25, -0.2) is 14.8 Å². The van der Waals surface area contributed by atoms with E-state index in [1.807, 2.05) is 54.1 Å². The molecule has 3 aromatic rings. The summed E-state index contributed by atoms with van der Waals surface area (Å²) < 4.78 is 45.4. The molecule has 2 aliphatic heterocycles. The van der Waals surface area contributed by atoms with E-state index in [1.165, 1.54) is 0 Å². The number of benzene rings is 1. The summed E-state index contributed by atoms with van der Waals surface area (Å²) in [7, 11) is 1.62. The van der Waals surface area contributed by atoms with Crippen LogP contribution in [0, 0.1) is 6.92 Å². The number of ether oxygens (including phenoxy) is 2. The monoisotopic (exact) mass is 589 g/mol. The molecule has 14 heteroatoms. The fraction of sp³-hybridized carbons (Fsp3) is 0.393. The highest BCUT2D eigenvalue weighted by molar-refractivity contribution is 5.92. The first-order valence-electron chi connectivity index (χ1n) is 13.0. The van der Waals surface area contributed by atoms with Crippen molar-refractivity contribution >= 4 is 17.8 Å². The van der Waals surface area contributed by atoms with E-state index in [2.05, 4.69) is 15.3 Å². The maximum absolute atomic E-state index is 13.1. The lowest BCUT2D eigenvalue weighted by molar-refractivity contribution is -0.192. The predicted molar refractivity (Wildman–Crippen MR) is 141 cm³/mol. The highest BCUT2D eigenvalue weighted by Gasteiger charge is 2.47. The number of aliphatic carboxylic acids is 1. The molecule has 11 nitrogen and oxygen atoms in total. The third-order valence-corrected chi connectivity index (χ3v) is 6.98. The summed E-state index contributed by atoms with van der Waals surface area (Å²) in [5.74, 6) is -1.42. The number of piperidine rings is 1. The Morgan fingerprint density at radius 1 is 1.14 bits per heavy atom. The van der Waals surface area contributed by atoms with Crippen molar-refractivity contribution in [1.29, 1.82) is 0 Å². The Balaban J connectivity index is 0.000000517. The number of amides is 2. The van der Waals surface area contributed by atoms with Crippen LogP contribution in [-0.2, 0) is 33.0 Å². The Hall–Kier alpha value is -4.46. The second-order valence-electron chi connectivity index (χ2n) is 9.83. The first-order valence-corrected chi connectivity index (χ1v) is 13.0. The average molecular weight is 590 g/mol. The van der Waals surface area contributed by atoms with Crippen LogP contribution in [0.25, 0.3) is 0 Å². The number of carbonyl (C=O) groups is 3. The van der Waals surface area contributed by atoms with Crippen molar-refractivity contribution in [3.05, 3.63) is 77.6 Å². The minimum Gasteiger partial charge on any atom is -0.497 e. The number of pyridine rings is 1. The van der Waals surface area contributed by atoms with Gasteiger partial charge < -0.3 is 29.4 Å². The van der Waals surface area contributed by atoms with Gasteiger partial charge in [-0.2, -0.15) is 13.2 Å². The van der Waals surface area contributed by atoms with Crippen LogP contribution in [0.15, 0.2) is 54.9 Å². The van der Waals surface area contributed by atoms with Gasteiger partial charge in [0.25, 0.3) is 11.8 Å². The van der Waals surface area contributed by atoms with Crippen LogP contribution in [0.2, 0.25) is 0 Å². The molecule has 0 bridgehead atoms. The highest BCUT2D eigenvalue weighted by Crippen LogP contribution is 2.40. The number of hydrogen-bond acceptors (Lipinski definition) is 7. The van der Waals surface area contributed by atoms with E-state index in [-0.39, 0.29) is 11.8 Å². The van der Waals surface area contributed by atoms with Crippen molar-refractivity contribution in [3.63, 3.8) is 0 Å². The van der Waals surface area contributed by atoms with Crippen molar-refractivity contribution in [2.75, 3.05) is 20.2 Å². The van der Waals surface area contributed by atoms with E-state index in [0.29, 0.717) is 44.7 Å². The van der Waals surface area contributed by atoms with Gasteiger partial charge in [0.2, 0.25) is 0 Å². The minimum atomic E-state index is -5.08. The molecule has 0 radical (unpaired) electrons. The summed E-state index contributed by atoms with van der Waals surface area (Å²) in [4.78, 5) is 45.7. The van der Waals surface area contributed by atoms with Gasteiger partial charge in [-0.1, -0.05) is 18.2 Å². The summed E-state index contributed by atoms with van der Waals surface area (Å²) >= 11 is 0. The Bertz CT molecular complexity index is 1420.